The minimum atomic E-state index is -0.619. The van der Waals surface area contributed by atoms with Gasteiger partial charge in [0.05, 0.1) is 4.32 Å². The monoisotopic (exact) mass is 340 g/mol. The Morgan fingerprint density at radius 2 is 1.20 bits per heavy atom. The molecular weight excluding hydrogens is 320 g/mol. The zero-order valence-corrected chi connectivity index (χ0v) is 14.1. The van der Waals surface area contributed by atoms with E-state index in [0.29, 0.717) is 11.4 Å². The third kappa shape index (κ3) is 4.96. The quantitative estimate of drug-likeness (QED) is 0.822. The molecule has 0 aliphatic rings. The third-order valence-corrected chi connectivity index (χ3v) is 2.98. The molecule has 0 unspecified atom stereocenters. The van der Waals surface area contributed by atoms with Crippen molar-refractivity contribution < 1.29 is 9.59 Å². The number of halogens is 1. The van der Waals surface area contributed by atoms with E-state index in [1.807, 2.05) is 20.8 Å². The number of amides is 2. The molecule has 0 fully saturated rings. The molecule has 1 aromatic carbocycles. The topological polar surface area (TPSA) is 58.2 Å². The maximum Gasteiger partial charge on any atom is 0.240 e. The van der Waals surface area contributed by atoms with E-state index >= 15 is 0 Å². The Balaban J connectivity index is 2.71. The molecule has 0 aliphatic carbocycles. The van der Waals surface area contributed by atoms with Crippen molar-refractivity contribution in [3.63, 3.8) is 0 Å². The predicted molar refractivity (Wildman–Crippen MR) is 86.2 cm³/mol. The number of anilines is 2. The minimum absolute atomic E-state index is 0.0455. The molecule has 110 valence electrons. The summed E-state index contributed by atoms with van der Waals surface area (Å²) in [6.45, 7) is 9.12. The molecule has 2 amide bonds. The number of carbonyl (C=O) groups is 2. The summed E-state index contributed by atoms with van der Waals surface area (Å²) < 4.78 is -0.619. The van der Waals surface area contributed by atoms with Gasteiger partial charge in [-0.25, -0.2) is 0 Å². The van der Waals surface area contributed by atoms with Gasteiger partial charge in [-0.3, -0.25) is 9.59 Å². The van der Waals surface area contributed by atoms with Gasteiger partial charge in [-0.1, -0.05) is 36.7 Å². The smallest absolute Gasteiger partial charge is 0.240 e. The summed E-state index contributed by atoms with van der Waals surface area (Å²) in [5, 5.41) is 5.63. The Kier molecular flexibility index (Phi) is 4.97. The van der Waals surface area contributed by atoms with Crippen LogP contribution in [0.4, 0.5) is 11.4 Å². The number of alkyl halides is 1. The maximum atomic E-state index is 11.8. The first-order valence-electron chi connectivity index (χ1n) is 6.42. The second kappa shape index (κ2) is 5.95. The average Bonchev–Trinajstić information content (AvgIpc) is 2.29. The van der Waals surface area contributed by atoms with Crippen LogP contribution in [0.25, 0.3) is 0 Å². The van der Waals surface area contributed by atoms with Crippen LogP contribution in [-0.4, -0.2) is 16.1 Å². The second-order valence-corrected chi connectivity index (χ2v) is 8.19. The van der Waals surface area contributed by atoms with E-state index in [4.69, 9.17) is 0 Å². The predicted octanol–water partition coefficient (Wildman–Crippen LogP) is 3.78. The van der Waals surface area contributed by atoms with E-state index in [0.717, 1.165) is 0 Å². The van der Waals surface area contributed by atoms with E-state index in [-0.39, 0.29) is 11.8 Å². The van der Waals surface area contributed by atoms with Crippen molar-refractivity contribution in [3.8, 4) is 0 Å². The van der Waals surface area contributed by atoms with Crippen molar-refractivity contribution >= 4 is 39.1 Å². The van der Waals surface area contributed by atoms with Crippen molar-refractivity contribution in [3.05, 3.63) is 24.3 Å². The lowest BCUT2D eigenvalue weighted by Gasteiger charge is -2.18. The third-order valence-electron chi connectivity index (χ3n) is 2.62. The highest BCUT2D eigenvalue weighted by Gasteiger charge is 2.23. The lowest BCUT2D eigenvalue weighted by atomic mass is 9.95. The van der Waals surface area contributed by atoms with Gasteiger partial charge in [0.15, 0.2) is 0 Å². The lowest BCUT2D eigenvalue weighted by Crippen LogP contribution is -2.31. The van der Waals surface area contributed by atoms with Crippen molar-refractivity contribution in [2.75, 3.05) is 10.6 Å². The summed E-state index contributed by atoms with van der Waals surface area (Å²) in [6.07, 6.45) is 0. The molecule has 1 rings (SSSR count). The van der Waals surface area contributed by atoms with E-state index < -0.39 is 9.74 Å². The van der Waals surface area contributed by atoms with Crippen LogP contribution in [-0.2, 0) is 9.59 Å². The van der Waals surface area contributed by atoms with Crippen LogP contribution >= 0.6 is 15.9 Å². The molecule has 0 radical (unpaired) electrons. The highest BCUT2D eigenvalue weighted by Crippen LogP contribution is 2.21. The van der Waals surface area contributed by atoms with Crippen LogP contribution < -0.4 is 10.6 Å². The molecule has 0 saturated heterocycles. The zero-order valence-electron chi connectivity index (χ0n) is 12.5. The minimum Gasteiger partial charge on any atom is -0.326 e. The Morgan fingerprint density at radius 3 is 1.50 bits per heavy atom. The Labute approximate surface area is 128 Å². The van der Waals surface area contributed by atoms with Gasteiger partial charge in [-0.15, -0.1) is 0 Å². The lowest BCUT2D eigenvalue weighted by molar-refractivity contribution is -0.123. The van der Waals surface area contributed by atoms with Crippen LogP contribution in [0, 0.1) is 5.41 Å². The first kappa shape index (κ1) is 16.7. The maximum absolute atomic E-state index is 11.8. The van der Waals surface area contributed by atoms with E-state index in [2.05, 4.69) is 26.6 Å². The average molecular weight is 341 g/mol. The van der Waals surface area contributed by atoms with Gasteiger partial charge in [-0.05, 0) is 38.1 Å². The summed E-state index contributed by atoms with van der Waals surface area (Å²) in [5.41, 5.74) is 0.963. The van der Waals surface area contributed by atoms with Crippen molar-refractivity contribution in [1.82, 2.24) is 0 Å². The normalized spacial score (nSPS) is 11.9. The fourth-order valence-corrected chi connectivity index (χ4v) is 1.33. The molecule has 0 spiro atoms. The molecule has 20 heavy (non-hydrogen) atoms. The molecule has 0 aliphatic heterocycles. The van der Waals surface area contributed by atoms with Crippen molar-refractivity contribution in [1.29, 1.82) is 0 Å². The summed E-state index contributed by atoms with van der Waals surface area (Å²) in [6, 6.07) is 7.05. The highest BCUT2D eigenvalue weighted by molar-refractivity contribution is 9.10. The van der Waals surface area contributed by atoms with Crippen molar-refractivity contribution in [2.24, 2.45) is 5.41 Å². The van der Waals surface area contributed by atoms with Crippen LogP contribution in [0.5, 0.6) is 0 Å². The SMILES string of the molecule is CC(C)(C)C(=O)Nc1ccc(NC(=O)C(C)(C)Br)cc1. The molecule has 0 saturated carbocycles. The molecule has 0 heterocycles. The molecular formula is C15H21BrN2O2. The Morgan fingerprint density at radius 1 is 0.850 bits per heavy atom. The van der Waals surface area contributed by atoms with Gasteiger partial charge in [0.25, 0.3) is 0 Å². The molecule has 1 aromatic rings. The fourth-order valence-electron chi connectivity index (χ4n) is 1.24. The van der Waals surface area contributed by atoms with Gasteiger partial charge in [0.2, 0.25) is 11.8 Å². The van der Waals surface area contributed by atoms with Gasteiger partial charge in [0.1, 0.15) is 0 Å². The van der Waals surface area contributed by atoms with Crippen LogP contribution in [0.2, 0.25) is 0 Å². The number of benzene rings is 1. The first-order chi connectivity index (χ1) is 9.00. The summed E-state index contributed by atoms with van der Waals surface area (Å²) in [5.74, 6) is -0.167. The zero-order chi connectivity index (χ0) is 15.6. The van der Waals surface area contributed by atoms with Gasteiger partial charge < -0.3 is 10.6 Å². The second-order valence-electron chi connectivity index (χ2n) is 6.21. The molecule has 4 nitrogen and oxygen atoms in total. The Hall–Kier alpha value is -1.36. The molecule has 0 bridgehead atoms. The molecule has 0 atom stereocenters. The summed E-state index contributed by atoms with van der Waals surface area (Å²) in [4.78, 5) is 23.6. The van der Waals surface area contributed by atoms with Crippen LogP contribution in [0.1, 0.15) is 34.6 Å². The van der Waals surface area contributed by atoms with Crippen LogP contribution in [0.3, 0.4) is 0 Å². The van der Waals surface area contributed by atoms with E-state index in [9.17, 15) is 9.59 Å². The van der Waals surface area contributed by atoms with Gasteiger partial charge >= 0.3 is 0 Å². The molecule has 0 aromatic heterocycles. The molecule has 2 N–H and O–H groups in total. The largest absolute Gasteiger partial charge is 0.326 e. The number of rotatable bonds is 3. The molecule has 5 heteroatoms. The number of hydrogen-bond donors (Lipinski definition) is 2. The number of carbonyl (C=O) groups excluding carboxylic acids is 2. The highest BCUT2D eigenvalue weighted by atomic mass is 79.9. The van der Waals surface area contributed by atoms with Gasteiger partial charge in [0, 0.05) is 16.8 Å². The number of nitrogens with one attached hydrogen (secondary N) is 2. The van der Waals surface area contributed by atoms with E-state index in [1.54, 1.807) is 38.1 Å². The van der Waals surface area contributed by atoms with Crippen LogP contribution in [0.15, 0.2) is 24.3 Å². The Bertz CT molecular complexity index is 449. The number of hydrogen-bond acceptors (Lipinski definition) is 2. The first-order valence-corrected chi connectivity index (χ1v) is 7.21. The summed E-state index contributed by atoms with van der Waals surface area (Å²) in [7, 11) is 0. The van der Waals surface area contributed by atoms with Gasteiger partial charge in [-0.2, -0.15) is 0 Å². The summed E-state index contributed by atoms with van der Waals surface area (Å²) >= 11 is 3.30. The fraction of sp³-hybridized carbons (Fsp3) is 0.467. The standard InChI is InChI=1S/C15H21BrN2O2/c1-14(2,3)12(19)17-10-6-8-11(9-7-10)18-13(20)15(4,5)16/h6-9H,1-5H3,(H,17,19)(H,18,20). The van der Waals surface area contributed by atoms with Crippen molar-refractivity contribution in [2.45, 2.75) is 38.9 Å². The van der Waals surface area contributed by atoms with E-state index in [1.165, 1.54) is 0 Å².